The molecule has 15 heavy (non-hydrogen) atoms. The monoisotopic (exact) mass is 217 g/mol. The predicted molar refractivity (Wildman–Crippen MR) is 54.2 cm³/mol. The summed E-state index contributed by atoms with van der Waals surface area (Å²) in [5.41, 5.74) is 0. The first-order valence-electron chi connectivity index (χ1n) is 5.24. The fraction of sp³-hybridized carbons (Fsp3) is 0.900. The number of rotatable bonds is 4. The number of hydrogen-bond acceptors (Lipinski definition) is 4. The second-order valence-corrected chi connectivity index (χ2v) is 3.58. The standard InChI is InChI=1S/C10H19NO4/c1-11(13-2)10(12)8-15-9-5-3-4-6-14-7-9/h9H,3-8H2,1-2H3. The summed E-state index contributed by atoms with van der Waals surface area (Å²) in [4.78, 5) is 16.1. The maximum absolute atomic E-state index is 11.3. The lowest BCUT2D eigenvalue weighted by Gasteiger charge is -2.17. The van der Waals surface area contributed by atoms with E-state index in [1.807, 2.05) is 0 Å². The third-order valence-electron chi connectivity index (χ3n) is 2.44. The van der Waals surface area contributed by atoms with Crippen LogP contribution in [0.15, 0.2) is 0 Å². The number of ether oxygens (including phenoxy) is 2. The minimum Gasteiger partial charge on any atom is -0.379 e. The van der Waals surface area contributed by atoms with Crippen LogP contribution in [0.1, 0.15) is 19.3 Å². The summed E-state index contributed by atoms with van der Waals surface area (Å²) >= 11 is 0. The zero-order chi connectivity index (χ0) is 11.1. The van der Waals surface area contributed by atoms with Crippen LogP contribution in [-0.2, 0) is 19.1 Å². The van der Waals surface area contributed by atoms with Crippen molar-refractivity contribution in [3.05, 3.63) is 0 Å². The van der Waals surface area contributed by atoms with E-state index >= 15 is 0 Å². The third-order valence-corrected chi connectivity index (χ3v) is 2.44. The van der Waals surface area contributed by atoms with E-state index in [4.69, 9.17) is 14.3 Å². The van der Waals surface area contributed by atoms with Gasteiger partial charge >= 0.3 is 0 Å². The molecule has 0 spiro atoms. The summed E-state index contributed by atoms with van der Waals surface area (Å²) in [5, 5.41) is 1.16. The minimum atomic E-state index is -0.179. The molecule has 1 heterocycles. The highest BCUT2D eigenvalue weighted by molar-refractivity contribution is 5.76. The van der Waals surface area contributed by atoms with Gasteiger partial charge in [-0.3, -0.25) is 9.63 Å². The molecule has 0 saturated carbocycles. The molecule has 1 saturated heterocycles. The van der Waals surface area contributed by atoms with E-state index < -0.39 is 0 Å². The van der Waals surface area contributed by atoms with Crippen molar-refractivity contribution in [1.82, 2.24) is 5.06 Å². The molecule has 0 radical (unpaired) electrons. The van der Waals surface area contributed by atoms with E-state index in [-0.39, 0.29) is 18.6 Å². The van der Waals surface area contributed by atoms with Gasteiger partial charge in [-0.2, -0.15) is 0 Å². The van der Waals surface area contributed by atoms with Gasteiger partial charge in [0.1, 0.15) is 6.61 Å². The Balaban J connectivity index is 2.20. The molecule has 5 nitrogen and oxygen atoms in total. The molecule has 1 unspecified atom stereocenters. The average Bonchev–Trinajstić information content (AvgIpc) is 2.53. The molecule has 88 valence electrons. The number of carbonyl (C=O) groups excluding carboxylic acids is 1. The van der Waals surface area contributed by atoms with E-state index in [1.54, 1.807) is 7.05 Å². The predicted octanol–water partition coefficient (Wildman–Crippen LogP) is 0.592. The molecule has 0 N–H and O–H groups in total. The molecule has 1 amide bonds. The summed E-state index contributed by atoms with van der Waals surface area (Å²) in [6, 6.07) is 0. The maximum Gasteiger partial charge on any atom is 0.271 e. The maximum atomic E-state index is 11.3. The SMILES string of the molecule is CON(C)C(=O)COC1CCCCOC1. The molecule has 1 aliphatic heterocycles. The Morgan fingerprint density at radius 2 is 2.33 bits per heavy atom. The molecule has 0 bridgehead atoms. The quantitative estimate of drug-likeness (QED) is 0.647. The van der Waals surface area contributed by atoms with Gasteiger partial charge in [-0.1, -0.05) is 0 Å². The number of carbonyl (C=O) groups is 1. The van der Waals surface area contributed by atoms with E-state index in [1.165, 1.54) is 7.11 Å². The van der Waals surface area contributed by atoms with Gasteiger partial charge < -0.3 is 9.47 Å². The van der Waals surface area contributed by atoms with Gasteiger partial charge in [0.05, 0.1) is 19.8 Å². The van der Waals surface area contributed by atoms with Gasteiger partial charge in [0.15, 0.2) is 0 Å². The second kappa shape index (κ2) is 6.76. The summed E-state index contributed by atoms with van der Waals surface area (Å²) in [7, 11) is 3.02. The van der Waals surface area contributed by atoms with Gasteiger partial charge in [0.25, 0.3) is 5.91 Å². The molecule has 1 atom stereocenters. The van der Waals surface area contributed by atoms with Crippen LogP contribution in [0.2, 0.25) is 0 Å². The fourth-order valence-electron chi connectivity index (χ4n) is 1.39. The van der Waals surface area contributed by atoms with Crippen molar-refractivity contribution in [3.63, 3.8) is 0 Å². The third kappa shape index (κ3) is 4.59. The van der Waals surface area contributed by atoms with Crippen LogP contribution in [-0.4, -0.2) is 51.1 Å². The van der Waals surface area contributed by atoms with Gasteiger partial charge in [-0.05, 0) is 19.3 Å². The fourth-order valence-corrected chi connectivity index (χ4v) is 1.39. The number of amides is 1. The largest absolute Gasteiger partial charge is 0.379 e. The molecule has 0 aromatic carbocycles. The molecule has 0 aliphatic carbocycles. The van der Waals surface area contributed by atoms with E-state index in [9.17, 15) is 4.79 Å². The summed E-state index contributed by atoms with van der Waals surface area (Å²) in [5.74, 6) is -0.179. The van der Waals surface area contributed by atoms with Crippen molar-refractivity contribution < 1.29 is 19.1 Å². The van der Waals surface area contributed by atoms with Crippen LogP contribution >= 0.6 is 0 Å². The molecule has 0 aromatic heterocycles. The van der Waals surface area contributed by atoms with Crippen LogP contribution in [0.3, 0.4) is 0 Å². The normalized spacial score (nSPS) is 22.1. The van der Waals surface area contributed by atoms with Crippen molar-refractivity contribution in [1.29, 1.82) is 0 Å². The lowest BCUT2D eigenvalue weighted by molar-refractivity contribution is -0.175. The number of likely N-dealkylation sites (N-methyl/N-ethyl adjacent to an activating group) is 1. The van der Waals surface area contributed by atoms with Crippen LogP contribution in [0, 0.1) is 0 Å². The Bertz CT molecular complexity index is 190. The van der Waals surface area contributed by atoms with Crippen LogP contribution < -0.4 is 0 Å². The minimum absolute atomic E-state index is 0.0432. The first-order valence-corrected chi connectivity index (χ1v) is 5.24. The summed E-state index contributed by atoms with van der Waals surface area (Å²) < 4.78 is 10.8. The zero-order valence-corrected chi connectivity index (χ0v) is 9.40. The van der Waals surface area contributed by atoms with Crippen molar-refractivity contribution >= 4 is 5.91 Å². The molecule has 5 heteroatoms. The lowest BCUT2D eigenvalue weighted by atomic mass is 10.2. The second-order valence-electron chi connectivity index (χ2n) is 3.58. The van der Waals surface area contributed by atoms with Crippen LogP contribution in [0.4, 0.5) is 0 Å². The first-order chi connectivity index (χ1) is 7.24. The Kier molecular flexibility index (Phi) is 5.60. The van der Waals surface area contributed by atoms with E-state index in [2.05, 4.69) is 0 Å². The Labute approximate surface area is 90.2 Å². The van der Waals surface area contributed by atoms with E-state index in [0.29, 0.717) is 6.61 Å². The molecule has 1 rings (SSSR count). The topological polar surface area (TPSA) is 48.0 Å². The summed E-state index contributed by atoms with van der Waals surface area (Å²) in [6.45, 7) is 1.44. The summed E-state index contributed by atoms with van der Waals surface area (Å²) in [6.07, 6.45) is 3.18. The highest BCUT2D eigenvalue weighted by atomic mass is 16.7. The average molecular weight is 217 g/mol. The van der Waals surface area contributed by atoms with Crippen LogP contribution in [0.25, 0.3) is 0 Å². The Hall–Kier alpha value is -0.650. The van der Waals surface area contributed by atoms with Crippen molar-refractivity contribution in [2.24, 2.45) is 0 Å². The highest BCUT2D eigenvalue weighted by Crippen LogP contribution is 2.10. The van der Waals surface area contributed by atoms with E-state index in [0.717, 1.165) is 30.9 Å². The van der Waals surface area contributed by atoms with Crippen molar-refractivity contribution in [2.75, 3.05) is 34.0 Å². The van der Waals surface area contributed by atoms with Crippen molar-refractivity contribution in [2.45, 2.75) is 25.4 Å². The van der Waals surface area contributed by atoms with Gasteiger partial charge in [-0.15, -0.1) is 0 Å². The molecular weight excluding hydrogens is 198 g/mol. The zero-order valence-electron chi connectivity index (χ0n) is 9.40. The Morgan fingerprint density at radius 1 is 1.53 bits per heavy atom. The van der Waals surface area contributed by atoms with Gasteiger partial charge in [0.2, 0.25) is 0 Å². The number of hydrogen-bond donors (Lipinski definition) is 0. The molecular formula is C10H19NO4. The number of hydroxylamine groups is 2. The Morgan fingerprint density at radius 3 is 3.07 bits per heavy atom. The highest BCUT2D eigenvalue weighted by Gasteiger charge is 2.16. The smallest absolute Gasteiger partial charge is 0.271 e. The van der Waals surface area contributed by atoms with Crippen LogP contribution in [0.5, 0.6) is 0 Å². The number of nitrogens with zero attached hydrogens (tertiary/aromatic N) is 1. The van der Waals surface area contributed by atoms with Gasteiger partial charge in [0, 0.05) is 13.7 Å². The van der Waals surface area contributed by atoms with Gasteiger partial charge in [-0.25, -0.2) is 5.06 Å². The first kappa shape index (κ1) is 12.4. The van der Waals surface area contributed by atoms with Crippen molar-refractivity contribution in [3.8, 4) is 0 Å². The molecule has 1 fully saturated rings. The lowest BCUT2D eigenvalue weighted by Crippen LogP contribution is -2.32. The molecule has 0 aromatic rings. The molecule has 1 aliphatic rings.